The molecule has 3 rings (SSSR count). The highest BCUT2D eigenvalue weighted by atomic mass is 15.2. The van der Waals surface area contributed by atoms with E-state index < -0.39 is 0 Å². The van der Waals surface area contributed by atoms with Crippen molar-refractivity contribution in [1.82, 2.24) is 29.1 Å². The molecule has 80 valence electrons. The molecule has 3 aromatic rings. The Bertz CT molecular complexity index is 609. The first-order valence-electron chi connectivity index (χ1n) is 5.04. The smallest absolute Gasteiger partial charge is 0.169 e. The van der Waals surface area contributed by atoms with Crippen LogP contribution in [0.2, 0.25) is 0 Å². The third-order valence-corrected chi connectivity index (χ3v) is 2.47. The van der Waals surface area contributed by atoms with Crippen LogP contribution in [0.3, 0.4) is 0 Å². The second-order valence-electron chi connectivity index (χ2n) is 3.37. The summed E-state index contributed by atoms with van der Waals surface area (Å²) < 4.78 is 3.81. The Labute approximate surface area is 91.6 Å². The predicted octanol–water partition coefficient (Wildman–Crippen LogP) is 1.03. The molecule has 0 N–H and O–H groups in total. The van der Waals surface area contributed by atoms with E-state index in [0.717, 1.165) is 23.5 Å². The summed E-state index contributed by atoms with van der Waals surface area (Å²) in [6.45, 7) is 2.90. The van der Waals surface area contributed by atoms with Gasteiger partial charge in [-0.25, -0.2) is 19.9 Å². The molecule has 3 aromatic heterocycles. The lowest BCUT2D eigenvalue weighted by molar-refractivity contribution is 0.777. The van der Waals surface area contributed by atoms with E-state index in [0.29, 0.717) is 0 Å². The Hall–Kier alpha value is -2.24. The first-order chi connectivity index (χ1) is 7.90. The van der Waals surface area contributed by atoms with Crippen LogP contribution in [0.25, 0.3) is 17.0 Å². The molecule has 0 bridgehead atoms. The van der Waals surface area contributed by atoms with Gasteiger partial charge in [0.2, 0.25) is 0 Å². The summed E-state index contributed by atoms with van der Waals surface area (Å²) >= 11 is 0. The molecule has 0 unspecified atom stereocenters. The van der Waals surface area contributed by atoms with Gasteiger partial charge in [-0.1, -0.05) is 0 Å². The highest BCUT2D eigenvalue weighted by Crippen LogP contribution is 2.15. The van der Waals surface area contributed by atoms with Crippen LogP contribution in [0.5, 0.6) is 0 Å². The van der Waals surface area contributed by atoms with E-state index in [9.17, 15) is 0 Å². The Kier molecular flexibility index (Phi) is 1.92. The number of nitrogens with zero attached hydrogens (tertiary/aromatic N) is 6. The minimum atomic E-state index is 0.759. The molecular weight excluding hydrogens is 204 g/mol. The lowest BCUT2D eigenvalue weighted by Crippen LogP contribution is -1.99. The fraction of sp³-hybridized carbons (Fsp3) is 0.200. The summed E-state index contributed by atoms with van der Waals surface area (Å²) in [5, 5.41) is 0. The molecule has 0 spiro atoms. The average molecular weight is 214 g/mol. The number of aromatic nitrogens is 6. The second-order valence-corrected chi connectivity index (χ2v) is 3.37. The summed E-state index contributed by atoms with van der Waals surface area (Å²) in [7, 11) is 0. The van der Waals surface area contributed by atoms with Crippen molar-refractivity contribution in [3.05, 3.63) is 31.4 Å². The first kappa shape index (κ1) is 9.02. The van der Waals surface area contributed by atoms with Crippen LogP contribution in [0.15, 0.2) is 31.4 Å². The van der Waals surface area contributed by atoms with Gasteiger partial charge in [0.1, 0.15) is 12.7 Å². The molecule has 6 nitrogen and oxygen atoms in total. The maximum absolute atomic E-state index is 4.33. The van der Waals surface area contributed by atoms with E-state index in [1.54, 1.807) is 25.2 Å². The Morgan fingerprint density at radius 2 is 2.12 bits per heavy atom. The Morgan fingerprint density at radius 1 is 1.19 bits per heavy atom. The molecule has 6 heteroatoms. The van der Waals surface area contributed by atoms with Crippen molar-refractivity contribution in [2.45, 2.75) is 13.5 Å². The van der Waals surface area contributed by atoms with Crippen molar-refractivity contribution < 1.29 is 0 Å². The van der Waals surface area contributed by atoms with E-state index in [-0.39, 0.29) is 0 Å². The SMILES string of the molecule is CCn1cnc2c(-n3ccnc3)ncnc21. The van der Waals surface area contributed by atoms with Crippen molar-refractivity contribution in [2.75, 3.05) is 0 Å². The van der Waals surface area contributed by atoms with Crippen LogP contribution in [0, 0.1) is 0 Å². The highest BCUT2D eigenvalue weighted by molar-refractivity contribution is 5.78. The lowest BCUT2D eigenvalue weighted by atomic mass is 10.5. The number of fused-ring (bicyclic) bond motifs is 1. The van der Waals surface area contributed by atoms with Crippen LogP contribution in [0.4, 0.5) is 0 Å². The predicted molar refractivity (Wildman–Crippen MR) is 58.1 cm³/mol. The van der Waals surface area contributed by atoms with Crippen molar-refractivity contribution in [2.24, 2.45) is 0 Å². The molecule has 0 saturated heterocycles. The van der Waals surface area contributed by atoms with Gasteiger partial charge < -0.3 is 4.57 Å². The number of aryl methyl sites for hydroxylation is 1. The van der Waals surface area contributed by atoms with Crippen LogP contribution in [-0.4, -0.2) is 29.1 Å². The Balaban J connectivity index is 2.30. The van der Waals surface area contributed by atoms with Gasteiger partial charge in [-0.2, -0.15) is 0 Å². The summed E-state index contributed by atoms with van der Waals surface area (Å²) in [6, 6.07) is 0. The maximum Gasteiger partial charge on any atom is 0.169 e. The molecule has 0 radical (unpaired) electrons. The fourth-order valence-electron chi connectivity index (χ4n) is 1.67. The van der Waals surface area contributed by atoms with Gasteiger partial charge in [0, 0.05) is 18.9 Å². The van der Waals surface area contributed by atoms with Crippen LogP contribution in [0.1, 0.15) is 6.92 Å². The van der Waals surface area contributed by atoms with Gasteiger partial charge in [-0.15, -0.1) is 0 Å². The lowest BCUT2D eigenvalue weighted by Gasteiger charge is -2.01. The molecule has 0 amide bonds. The van der Waals surface area contributed by atoms with Gasteiger partial charge in [-0.05, 0) is 6.92 Å². The normalized spacial score (nSPS) is 11.1. The zero-order valence-corrected chi connectivity index (χ0v) is 8.78. The van der Waals surface area contributed by atoms with Crippen molar-refractivity contribution in [3.8, 4) is 5.82 Å². The molecule has 0 aromatic carbocycles. The highest BCUT2D eigenvalue weighted by Gasteiger charge is 2.09. The summed E-state index contributed by atoms with van der Waals surface area (Å²) in [4.78, 5) is 16.8. The van der Waals surface area contributed by atoms with Crippen molar-refractivity contribution >= 4 is 11.2 Å². The number of imidazole rings is 2. The van der Waals surface area contributed by atoms with Gasteiger partial charge in [0.05, 0.1) is 6.33 Å². The van der Waals surface area contributed by atoms with Gasteiger partial charge in [-0.3, -0.25) is 4.57 Å². The van der Waals surface area contributed by atoms with Crippen LogP contribution >= 0.6 is 0 Å². The minimum absolute atomic E-state index is 0.759. The van der Waals surface area contributed by atoms with Gasteiger partial charge in [0.15, 0.2) is 17.0 Å². The zero-order chi connectivity index (χ0) is 11.0. The van der Waals surface area contributed by atoms with Crippen molar-refractivity contribution in [3.63, 3.8) is 0 Å². The molecule has 0 saturated carbocycles. The van der Waals surface area contributed by atoms with Crippen molar-refractivity contribution in [1.29, 1.82) is 0 Å². The molecule has 3 heterocycles. The van der Waals surface area contributed by atoms with E-state index in [1.165, 1.54) is 0 Å². The number of hydrogen-bond donors (Lipinski definition) is 0. The average Bonchev–Trinajstić information content (AvgIpc) is 2.97. The van der Waals surface area contributed by atoms with E-state index >= 15 is 0 Å². The standard InChI is InChI=1S/C10H10N6/c1-2-15-7-14-8-9(15)12-5-13-10(8)16-4-3-11-6-16/h3-7H,2H2,1H3. The largest absolute Gasteiger partial charge is 0.315 e. The summed E-state index contributed by atoms with van der Waals surface area (Å²) in [5.41, 5.74) is 1.64. The van der Waals surface area contributed by atoms with Crippen LogP contribution in [-0.2, 0) is 6.54 Å². The van der Waals surface area contributed by atoms with E-state index in [4.69, 9.17) is 0 Å². The van der Waals surface area contributed by atoms with E-state index in [2.05, 4.69) is 26.9 Å². The summed E-state index contributed by atoms with van der Waals surface area (Å²) in [6.07, 6.45) is 8.58. The number of hydrogen-bond acceptors (Lipinski definition) is 4. The molecule has 0 aliphatic heterocycles. The fourth-order valence-corrected chi connectivity index (χ4v) is 1.67. The van der Waals surface area contributed by atoms with Gasteiger partial charge in [0.25, 0.3) is 0 Å². The first-order valence-corrected chi connectivity index (χ1v) is 5.04. The maximum atomic E-state index is 4.33. The second kappa shape index (κ2) is 3.41. The molecule has 0 fully saturated rings. The molecule has 0 aliphatic carbocycles. The quantitative estimate of drug-likeness (QED) is 0.639. The van der Waals surface area contributed by atoms with E-state index in [1.807, 2.05) is 15.3 Å². The molecule has 16 heavy (non-hydrogen) atoms. The van der Waals surface area contributed by atoms with Gasteiger partial charge >= 0.3 is 0 Å². The summed E-state index contributed by atoms with van der Waals surface area (Å²) in [5.74, 6) is 0.759. The number of rotatable bonds is 2. The monoisotopic (exact) mass is 214 g/mol. The molecule has 0 aliphatic rings. The van der Waals surface area contributed by atoms with Crippen LogP contribution < -0.4 is 0 Å². The molecule has 0 atom stereocenters. The molecular formula is C10H10N6. The third-order valence-electron chi connectivity index (χ3n) is 2.47. The topological polar surface area (TPSA) is 61.4 Å². The third kappa shape index (κ3) is 1.19. The Morgan fingerprint density at radius 3 is 2.88 bits per heavy atom. The zero-order valence-electron chi connectivity index (χ0n) is 8.78. The minimum Gasteiger partial charge on any atom is -0.315 e.